The summed E-state index contributed by atoms with van der Waals surface area (Å²) in [6, 6.07) is 18.0. The number of ether oxygens (including phenoxy) is 3. The molecule has 1 N–H and O–H groups in total. The quantitative estimate of drug-likeness (QED) is 0.302. The lowest BCUT2D eigenvalue weighted by Gasteiger charge is -2.27. The predicted molar refractivity (Wildman–Crippen MR) is 131 cm³/mol. The molecule has 3 aromatic carbocycles. The van der Waals surface area contributed by atoms with Crippen molar-refractivity contribution in [2.45, 2.75) is 13.0 Å². The lowest BCUT2D eigenvalue weighted by molar-refractivity contribution is -0.132. The Bertz CT molecular complexity index is 1340. The molecule has 1 fully saturated rings. The minimum atomic E-state index is -0.884. The molecule has 0 saturated carbocycles. The zero-order valence-corrected chi connectivity index (χ0v) is 19.6. The topological polar surface area (TPSA) is 85.3 Å². The zero-order chi connectivity index (χ0) is 24.5. The average Bonchev–Trinajstić information content (AvgIpc) is 3.15. The second-order valence-electron chi connectivity index (χ2n) is 7.98. The van der Waals surface area contributed by atoms with Crippen LogP contribution in [0.5, 0.6) is 17.2 Å². The predicted octanol–water partition coefficient (Wildman–Crippen LogP) is 5.14. The van der Waals surface area contributed by atoms with E-state index in [4.69, 9.17) is 25.8 Å². The van der Waals surface area contributed by atoms with Crippen molar-refractivity contribution in [3.63, 3.8) is 0 Å². The molecule has 0 bridgehead atoms. The summed E-state index contributed by atoms with van der Waals surface area (Å²) in [4.78, 5) is 28.1. The van der Waals surface area contributed by atoms with E-state index in [9.17, 15) is 14.7 Å². The smallest absolute Gasteiger partial charge is 0.300 e. The maximum Gasteiger partial charge on any atom is 0.300 e. The Morgan fingerprint density at radius 3 is 2.51 bits per heavy atom. The number of Topliss-reactive ketones (excluding diaryl/α,β-unsaturated/α-hetero) is 1. The van der Waals surface area contributed by atoms with Crippen LogP contribution in [-0.4, -0.2) is 36.6 Å². The highest BCUT2D eigenvalue weighted by atomic mass is 35.5. The SMILES string of the molecule is CCOc1ccc(Cl)c(/C(O)=C2\C(=O)C(=O)N(c3ccc4c(c3)OCCO4)C2c2ccccc2)c1. The van der Waals surface area contributed by atoms with Gasteiger partial charge in [0.2, 0.25) is 0 Å². The summed E-state index contributed by atoms with van der Waals surface area (Å²) in [5.74, 6) is -0.430. The van der Waals surface area contributed by atoms with Crippen LogP contribution >= 0.6 is 11.6 Å². The molecule has 2 aliphatic rings. The third-order valence-corrected chi connectivity index (χ3v) is 6.20. The van der Waals surface area contributed by atoms with Crippen LogP contribution in [0.2, 0.25) is 5.02 Å². The first-order chi connectivity index (χ1) is 17.0. The van der Waals surface area contributed by atoms with Gasteiger partial charge in [0, 0.05) is 17.3 Å². The van der Waals surface area contributed by atoms with E-state index < -0.39 is 17.7 Å². The molecule has 1 saturated heterocycles. The number of fused-ring (bicyclic) bond motifs is 1. The number of anilines is 1. The number of aliphatic hydroxyl groups excluding tert-OH is 1. The van der Waals surface area contributed by atoms with Crippen molar-refractivity contribution in [3.8, 4) is 17.2 Å². The minimum absolute atomic E-state index is 0.0633. The molecule has 2 heterocycles. The molecule has 0 radical (unpaired) electrons. The van der Waals surface area contributed by atoms with Gasteiger partial charge in [0.05, 0.1) is 23.2 Å². The van der Waals surface area contributed by atoms with Crippen LogP contribution in [0.3, 0.4) is 0 Å². The first-order valence-electron chi connectivity index (χ1n) is 11.2. The van der Waals surface area contributed by atoms with E-state index in [0.29, 0.717) is 48.3 Å². The second kappa shape index (κ2) is 9.35. The van der Waals surface area contributed by atoms with Gasteiger partial charge in [0.25, 0.3) is 11.7 Å². The standard InChI is InChI=1S/C27H22ClNO6/c1-2-33-18-9-10-20(28)19(15-18)25(30)23-24(16-6-4-3-5-7-16)29(27(32)26(23)31)17-8-11-21-22(14-17)35-13-12-34-21/h3-11,14-15,24,30H,2,12-13H2,1H3/b25-23+. The number of aliphatic hydroxyl groups is 1. The number of carbonyl (C=O) groups excluding carboxylic acids is 2. The van der Waals surface area contributed by atoms with Gasteiger partial charge in [0.1, 0.15) is 24.7 Å². The van der Waals surface area contributed by atoms with Gasteiger partial charge in [0.15, 0.2) is 11.5 Å². The number of nitrogens with zero attached hydrogens (tertiary/aromatic N) is 1. The molecule has 0 spiro atoms. The van der Waals surface area contributed by atoms with Crippen molar-refractivity contribution in [1.29, 1.82) is 0 Å². The van der Waals surface area contributed by atoms with Crippen LogP contribution in [0, 0.1) is 0 Å². The van der Waals surface area contributed by atoms with E-state index in [0.717, 1.165) is 0 Å². The van der Waals surface area contributed by atoms with Crippen molar-refractivity contribution in [2.24, 2.45) is 0 Å². The van der Waals surface area contributed by atoms with Crippen molar-refractivity contribution in [2.75, 3.05) is 24.7 Å². The fourth-order valence-corrected chi connectivity index (χ4v) is 4.53. The number of halogens is 1. The molecule has 1 atom stereocenters. The maximum atomic E-state index is 13.4. The summed E-state index contributed by atoms with van der Waals surface area (Å²) >= 11 is 6.39. The van der Waals surface area contributed by atoms with Crippen LogP contribution in [0.25, 0.3) is 5.76 Å². The molecule has 1 unspecified atom stereocenters. The van der Waals surface area contributed by atoms with Gasteiger partial charge in [-0.2, -0.15) is 0 Å². The van der Waals surface area contributed by atoms with Gasteiger partial charge in [-0.05, 0) is 42.8 Å². The number of ketones is 1. The molecule has 1 amide bonds. The molecule has 7 nitrogen and oxygen atoms in total. The Morgan fingerprint density at radius 2 is 1.77 bits per heavy atom. The minimum Gasteiger partial charge on any atom is -0.507 e. The highest BCUT2D eigenvalue weighted by molar-refractivity contribution is 6.52. The van der Waals surface area contributed by atoms with Gasteiger partial charge in [-0.25, -0.2) is 0 Å². The molecular formula is C27H22ClNO6. The Kier molecular flexibility index (Phi) is 6.09. The first-order valence-corrected chi connectivity index (χ1v) is 11.6. The Hall–Kier alpha value is -3.97. The van der Waals surface area contributed by atoms with E-state index in [-0.39, 0.29) is 21.9 Å². The highest BCUT2D eigenvalue weighted by Gasteiger charge is 2.47. The summed E-state index contributed by atoms with van der Waals surface area (Å²) in [5.41, 5.74) is 1.24. The van der Waals surface area contributed by atoms with Gasteiger partial charge in [-0.1, -0.05) is 41.9 Å². The summed E-state index contributed by atoms with van der Waals surface area (Å²) in [7, 11) is 0. The van der Waals surface area contributed by atoms with Gasteiger partial charge >= 0.3 is 0 Å². The van der Waals surface area contributed by atoms with Crippen LogP contribution in [-0.2, 0) is 9.59 Å². The van der Waals surface area contributed by atoms with Crippen molar-refractivity contribution < 1.29 is 28.9 Å². The molecule has 5 rings (SSSR count). The lowest BCUT2D eigenvalue weighted by Crippen LogP contribution is -2.29. The molecule has 35 heavy (non-hydrogen) atoms. The first kappa shape index (κ1) is 22.8. The third-order valence-electron chi connectivity index (χ3n) is 5.87. The number of hydrogen-bond acceptors (Lipinski definition) is 6. The second-order valence-corrected chi connectivity index (χ2v) is 8.39. The summed E-state index contributed by atoms with van der Waals surface area (Å²) in [5, 5.41) is 11.6. The van der Waals surface area contributed by atoms with Crippen LogP contribution < -0.4 is 19.1 Å². The summed E-state index contributed by atoms with van der Waals surface area (Å²) in [6.45, 7) is 3.07. The Balaban J connectivity index is 1.69. The fraction of sp³-hybridized carbons (Fsp3) is 0.185. The van der Waals surface area contributed by atoms with Crippen LogP contribution in [0.15, 0.2) is 72.3 Å². The van der Waals surface area contributed by atoms with E-state index in [1.54, 1.807) is 48.5 Å². The van der Waals surface area contributed by atoms with Crippen molar-refractivity contribution in [3.05, 3.63) is 88.5 Å². The van der Waals surface area contributed by atoms with E-state index in [1.165, 1.54) is 4.90 Å². The molecular weight excluding hydrogens is 470 g/mol. The number of benzene rings is 3. The van der Waals surface area contributed by atoms with Crippen molar-refractivity contribution >= 4 is 34.7 Å². The number of hydrogen-bond donors (Lipinski definition) is 1. The van der Waals surface area contributed by atoms with E-state index >= 15 is 0 Å². The molecule has 3 aromatic rings. The zero-order valence-electron chi connectivity index (χ0n) is 18.9. The lowest BCUT2D eigenvalue weighted by atomic mass is 9.95. The number of amides is 1. The van der Waals surface area contributed by atoms with Crippen LogP contribution in [0.4, 0.5) is 5.69 Å². The Morgan fingerprint density at radius 1 is 1.03 bits per heavy atom. The number of carbonyl (C=O) groups is 2. The third kappa shape index (κ3) is 4.08. The van der Waals surface area contributed by atoms with Crippen molar-refractivity contribution in [1.82, 2.24) is 0 Å². The molecule has 0 aromatic heterocycles. The van der Waals surface area contributed by atoms with Crippen LogP contribution in [0.1, 0.15) is 24.1 Å². The number of rotatable bonds is 5. The van der Waals surface area contributed by atoms with E-state index in [1.807, 2.05) is 25.1 Å². The highest BCUT2D eigenvalue weighted by Crippen LogP contribution is 2.45. The molecule has 178 valence electrons. The van der Waals surface area contributed by atoms with E-state index in [2.05, 4.69) is 0 Å². The summed E-state index contributed by atoms with van der Waals surface area (Å²) in [6.07, 6.45) is 0. The maximum absolute atomic E-state index is 13.4. The molecule has 0 aliphatic carbocycles. The van der Waals surface area contributed by atoms with Gasteiger partial charge in [-0.3, -0.25) is 14.5 Å². The van der Waals surface area contributed by atoms with Gasteiger partial charge < -0.3 is 19.3 Å². The monoisotopic (exact) mass is 491 g/mol. The largest absolute Gasteiger partial charge is 0.507 e. The van der Waals surface area contributed by atoms with Gasteiger partial charge in [-0.15, -0.1) is 0 Å². The average molecular weight is 492 g/mol. The Labute approximate surface area is 207 Å². The fourth-order valence-electron chi connectivity index (χ4n) is 4.32. The summed E-state index contributed by atoms with van der Waals surface area (Å²) < 4.78 is 16.8. The normalized spacial score (nSPS) is 18.6. The molecule has 2 aliphatic heterocycles. The molecule has 8 heteroatoms.